The minimum absolute atomic E-state index is 0.110. The SMILES string of the molecule is CC(=O)N1[C@@H](C(=O)OCC(=O)c2ccc3c(c2)OCO3)CS[C@H]1c1ccco1. The minimum Gasteiger partial charge on any atom is -0.466 e. The molecule has 1 saturated heterocycles. The van der Waals surface area contributed by atoms with Crippen molar-refractivity contribution >= 4 is 29.4 Å². The summed E-state index contributed by atoms with van der Waals surface area (Å²) in [5.74, 6) is 0.746. The molecule has 4 rings (SSSR count). The van der Waals surface area contributed by atoms with Crippen LogP contribution in [0.1, 0.15) is 28.4 Å². The standard InChI is InChI=1S/C19H17NO7S/c1-11(21)20-13(9-28-18(20)16-3-2-6-24-16)19(23)25-8-14(22)12-4-5-15-17(7-12)27-10-26-15/h2-7,13,18H,8-10H2,1H3/t13-,18+/m1/s1. The smallest absolute Gasteiger partial charge is 0.330 e. The second kappa shape index (κ2) is 7.59. The molecular weight excluding hydrogens is 386 g/mol. The van der Waals surface area contributed by atoms with E-state index in [1.807, 2.05) is 0 Å². The molecule has 3 heterocycles. The molecule has 2 aliphatic heterocycles. The molecule has 9 heteroatoms. The van der Waals surface area contributed by atoms with Gasteiger partial charge in [0.25, 0.3) is 0 Å². The second-order valence-electron chi connectivity index (χ2n) is 6.24. The summed E-state index contributed by atoms with van der Waals surface area (Å²) in [4.78, 5) is 38.4. The first-order valence-corrected chi connectivity index (χ1v) is 9.63. The maximum Gasteiger partial charge on any atom is 0.330 e. The Bertz CT molecular complexity index is 911. The first-order valence-electron chi connectivity index (χ1n) is 8.58. The van der Waals surface area contributed by atoms with E-state index >= 15 is 0 Å². The van der Waals surface area contributed by atoms with E-state index in [4.69, 9.17) is 18.6 Å². The zero-order valence-corrected chi connectivity index (χ0v) is 15.8. The van der Waals surface area contributed by atoms with Gasteiger partial charge in [0, 0.05) is 18.2 Å². The van der Waals surface area contributed by atoms with Gasteiger partial charge in [-0.25, -0.2) is 4.79 Å². The monoisotopic (exact) mass is 403 g/mol. The minimum atomic E-state index is -0.776. The Kier molecular flexibility index (Phi) is 4.99. The van der Waals surface area contributed by atoms with Crippen LogP contribution in [0.15, 0.2) is 41.0 Å². The van der Waals surface area contributed by atoms with Crippen LogP contribution in [0.4, 0.5) is 0 Å². The molecule has 2 aliphatic rings. The molecule has 28 heavy (non-hydrogen) atoms. The van der Waals surface area contributed by atoms with Crippen LogP contribution in [0.25, 0.3) is 0 Å². The number of amides is 1. The van der Waals surface area contributed by atoms with Gasteiger partial charge in [-0.2, -0.15) is 0 Å². The average Bonchev–Trinajstić information content (AvgIpc) is 3.44. The maximum absolute atomic E-state index is 12.5. The number of fused-ring (bicyclic) bond motifs is 1. The topological polar surface area (TPSA) is 95.3 Å². The Hall–Kier alpha value is -2.94. The average molecular weight is 403 g/mol. The van der Waals surface area contributed by atoms with Gasteiger partial charge in [-0.15, -0.1) is 11.8 Å². The molecule has 1 fully saturated rings. The van der Waals surface area contributed by atoms with Crippen LogP contribution >= 0.6 is 11.8 Å². The third kappa shape index (κ3) is 3.45. The number of nitrogens with zero attached hydrogens (tertiary/aromatic N) is 1. The number of rotatable bonds is 5. The molecule has 1 aromatic heterocycles. The van der Waals surface area contributed by atoms with Gasteiger partial charge in [-0.1, -0.05) is 0 Å². The zero-order chi connectivity index (χ0) is 19.7. The lowest BCUT2D eigenvalue weighted by molar-refractivity contribution is -0.152. The second-order valence-corrected chi connectivity index (χ2v) is 7.36. The number of Topliss-reactive ketones (excluding diaryl/α,β-unsaturated/α-hetero) is 1. The Morgan fingerprint density at radius 2 is 2.04 bits per heavy atom. The van der Waals surface area contributed by atoms with Gasteiger partial charge in [0.2, 0.25) is 12.7 Å². The Balaban J connectivity index is 1.40. The number of carbonyl (C=O) groups is 3. The molecule has 1 aromatic carbocycles. The predicted octanol–water partition coefficient (Wildman–Crippen LogP) is 2.40. The summed E-state index contributed by atoms with van der Waals surface area (Å²) >= 11 is 1.41. The number of hydrogen-bond acceptors (Lipinski definition) is 8. The van der Waals surface area contributed by atoms with Crippen molar-refractivity contribution in [3.63, 3.8) is 0 Å². The van der Waals surface area contributed by atoms with E-state index in [9.17, 15) is 14.4 Å². The molecule has 1 amide bonds. The number of hydrogen-bond donors (Lipinski definition) is 0. The summed E-state index contributed by atoms with van der Waals surface area (Å²) in [7, 11) is 0. The van der Waals surface area contributed by atoms with Crippen LogP contribution in [0.2, 0.25) is 0 Å². The molecular formula is C19H17NO7S. The van der Waals surface area contributed by atoms with Crippen molar-refractivity contribution < 1.29 is 33.0 Å². The zero-order valence-electron chi connectivity index (χ0n) is 15.0. The van der Waals surface area contributed by atoms with E-state index < -0.39 is 24.0 Å². The molecule has 2 atom stereocenters. The Labute approximate surface area is 164 Å². The van der Waals surface area contributed by atoms with Crippen molar-refractivity contribution in [1.29, 1.82) is 0 Å². The van der Waals surface area contributed by atoms with Crippen molar-refractivity contribution in [1.82, 2.24) is 4.90 Å². The van der Waals surface area contributed by atoms with Crippen molar-refractivity contribution in [2.75, 3.05) is 19.2 Å². The highest BCUT2D eigenvalue weighted by atomic mass is 32.2. The lowest BCUT2D eigenvalue weighted by Crippen LogP contribution is -2.43. The van der Waals surface area contributed by atoms with Gasteiger partial charge in [-0.3, -0.25) is 9.59 Å². The van der Waals surface area contributed by atoms with Gasteiger partial charge in [0.1, 0.15) is 17.2 Å². The number of furan rings is 1. The Morgan fingerprint density at radius 1 is 1.21 bits per heavy atom. The van der Waals surface area contributed by atoms with Crippen LogP contribution in [-0.4, -0.2) is 47.8 Å². The molecule has 0 N–H and O–H groups in total. The summed E-state index contributed by atoms with van der Waals surface area (Å²) < 4.78 is 21.0. The molecule has 0 radical (unpaired) electrons. The van der Waals surface area contributed by atoms with Crippen LogP contribution in [0, 0.1) is 0 Å². The van der Waals surface area contributed by atoms with Crippen molar-refractivity contribution in [3.8, 4) is 11.5 Å². The molecule has 0 saturated carbocycles. The van der Waals surface area contributed by atoms with E-state index in [1.165, 1.54) is 29.8 Å². The molecule has 0 unspecified atom stereocenters. The summed E-state index contributed by atoms with van der Waals surface area (Å²) in [6.07, 6.45) is 1.52. The summed E-state index contributed by atoms with van der Waals surface area (Å²) in [6.45, 7) is 1.08. The van der Waals surface area contributed by atoms with Crippen LogP contribution in [0.5, 0.6) is 11.5 Å². The van der Waals surface area contributed by atoms with Gasteiger partial charge >= 0.3 is 5.97 Å². The number of thioether (sulfide) groups is 1. The number of esters is 1. The van der Waals surface area contributed by atoms with Crippen LogP contribution < -0.4 is 9.47 Å². The normalized spacial score (nSPS) is 20.2. The summed E-state index contributed by atoms with van der Waals surface area (Å²) in [5.41, 5.74) is 0.356. The predicted molar refractivity (Wildman–Crippen MR) is 98.1 cm³/mol. The van der Waals surface area contributed by atoms with E-state index in [2.05, 4.69) is 0 Å². The van der Waals surface area contributed by atoms with E-state index in [-0.39, 0.29) is 18.5 Å². The molecule has 0 aliphatic carbocycles. The quantitative estimate of drug-likeness (QED) is 0.555. The number of ether oxygens (including phenoxy) is 3. The van der Waals surface area contributed by atoms with E-state index in [0.29, 0.717) is 28.6 Å². The molecule has 0 spiro atoms. The van der Waals surface area contributed by atoms with Crippen molar-refractivity contribution in [3.05, 3.63) is 47.9 Å². The highest BCUT2D eigenvalue weighted by molar-refractivity contribution is 7.99. The Morgan fingerprint density at radius 3 is 2.79 bits per heavy atom. The molecule has 8 nitrogen and oxygen atoms in total. The third-order valence-corrected chi connectivity index (χ3v) is 5.75. The van der Waals surface area contributed by atoms with Crippen molar-refractivity contribution in [2.45, 2.75) is 18.3 Å². The first kappa shape index (κ1) is 18.4. The maximum atomic E-state index is 12.5. The summed E-state index contributed by atoms with van der Waals surface area (Å²) in [6, 6.07) is 7.48. The van der Waals surface area contributed by atoms with E-state index in [1.54, 1.807) is 30.3 Å². The lowest BCUT2D eigenvalue weighted by atomic mass is 10.1. The molecule has 146 valence electrons. The van der Waals surface area contributed by atoms with Crippen LogP contribution in [0.3, 0.4) is 0 Å². The fourth-order valence-electron chi connectivity index (χ4n) is 3.11. The number of benzene rings is 1. The molecule has 2 aromatic rings. The highest BCUT2D eigenvalue weighted by Gasteiger charge is 2.43. The van der Waals surface area contributed by atoms with Crippen LogP contribution in [-0.2, 0) is 14.3 Å². The highest BCUT2D eigenvalue weighted by Crippen LogP contribution is 2.41. The number of ketones is 1. The van der Waals surface area contributed by atoms with E-state index in [0.717, 1.165) is 0 Å². The lowest BCUT2D eigenvalue weighted by Gasteiger charge is -2.25. The number of carbonyl (C=O) groups excluding carboxylic acids is 3. The van der Waals surface area contributed by atoms with Gasteiger partial charge < -0.3 is 23.5 Å². The fraction of sp³-hybridized carbons (Fsp3) is 0.316. The van der Waals surface area contributed by atoms with Crippen molar-refractivity contribution in [2.24, 2.45) is 0 Å². The molecule has 0 bridgehead atoms. The van der Waals surface area contributed by atoms with Gasteiger partial charge in [0.15, 0.2) is 23.9 Å². The van der Waals surface area contributed by atoms with Gasteiger partial charge in [-0.05, 0) is 30.3 Å². The first-order chi connectivity index (χ1) is 13.5. The summed E-state index contributed by atoms with van der Waals surface area (Å²) in [5, 5.41) is -0.394. The van der Waals surface area contributed by atoms with Gasteiger partial charge in [0.05, 0.1) is 6.26 Å². The largest absolute Gasteiger partial charge is 0.466 e. The third-order valence-electron chi connectivity index (χ3n) is 4.46. The fourth-order valence-corrected chi connectivity index (χ4v) is 4.53.